The number of carbonyl (C=O) groups excluding carboxylic acids is 1. The zero-order valence-corrected chi connectivity index (χ0v) is 9.74. The highest BCUT2D eigenvalue weighted by molar-refractivity contribution is 14.1. The second kappa shape index (κ2) is 5.47. The average molecular weight is 296 g/mol. The molecule has 0 radical (unpaired) electrons. The Morgan fingerprint density at radius 1 is 1.77 bits per heavy atom. The van der Waals surface area contributed by atoms with E-state index in [1.165, 1.54) is 0 Å². The van der Waals surface area contributed by atoms with Gasteiger partial charge in [0.25, 0.3) is 0 Å². The molecule has 4 heteroatoms. The van der Waals surface area contributed by atoms with Crippen LogP contribution < -0.4 is 0 Å². The minimum Gasteiger partial charge on any atom is -0.466 e. The normalized spacial score (nSPS) is 22.0. The first-order valence-corrected chi connectivity index (χ1v) is 5.30. The molecule has 0 saturated heterocycles. The Labute approximate surface area is 92.2 Å². The smallest absolute Gasteiger partial charge is 0.309 e. The van der Waals surface area contributed by atoms with Gasteiger partial charge in [-0.2, -0.15) is 0 Å². The topological polar surface area (TPSA) is 35.5 Å². The molecule has 0 bridgehead atoms. The predicted octanol–water partition coefficient (Wildman–Crippen LogP) is 2.60. The van der Waals surface area contributed by atoms with E-state index in [0.29, 0.717) is 13.0 Å². The van der Waals surface area contributed by atoms with Gasteiger partial charge >= 0.3 is 5.97 Å². The van der Waals surface area contributed by atoms with Crippen molar-refractivity contribution in [2.45, 2.75) is 26.2 Å². The lowest BCUT2D eigenvalue weighted by molar-refractivity contribution is -0.148. The fourth-order valence-corrected chi connectivity index (χ4v) is 1.76. The summed E-state index contributed by atoms with van der Waals surface area (Å²) in [6.45, 7) is 2.28. The molecule has 0 fully saturated rings. The van der Waals surface area contributed by atoms with Crippen LogP contribution in [0.5, 0.6) is 0 Å². The zero-order chi connectivity index (χ0) is 9.68. The van der Waals surface area contributed by atoms with Gasteiger partial charge < -0.3 is 7.80 Å². The summed E-state index contributed by atoms with van der Waals surface area (Å²) in [7, 11) is 0. The molecular weight excluding hydrogens is 283 g/mol. The summed E-state index contributed by atoms with van der Waals surface area (Å²) in [6.07, 6.45) is 4.49. The number of esters is 1. The molecule has 0 saturated carbocycles. The van der Waals surface area contributed by atoms with Gasteiger partial charge in [-0.15, -0.1) is 0 Å². The third-order valence-electron chi connectivity index (χ3n) is 2.05. The average Bonchev–Trinajstić information content (AvgIpc) is 2.18. The van der Waals surface area contributed by atoms with Crippen molar-refractivity contribution >= 4 is 29.0 Å². The molecule has 1 rings (SSSR count). The highest BCUT2D eigenvalue weighted by Gasteiger charge is 2.24. The SMILES string of the molecule is CCOC(=O)C1CCC=C(OI)C1. The lowest BCUT2D eigenvalue weighted by atomic mass is 9.93. The van der Waals surface area contributed by atoms with E-state index in [-0.39, 0.29) is 11.9 Å². The third-order valence-corrected chi connectivity index (χ3v) is 2.62. The highest BCUT2D eigenvalue weighted by atomic mass is 127. The van der Waals surface area contributed by atoms with Crippen molar-refractivity contribution in [3.63, 3.8) is 0 Å². The molecule has 3 nitrogen and oxygen atoms in total. The Kier molecular flexibility index (Phi) is 4.55. The fraction of sp³-hybridized carbons (Fsp3) is 0.667. The molecule has 0 N–H and O–H groups in total. The van der Waals surface area contributed by atoms with E-state index in [2.05, 4.69) is 0 Å². The second-order valence-corrected chi connectivity index (χ2v) is 3.42. The quantitative estimate of drug-likeness (QED) is 0.593. The Hall–Kier alpha value is -0.260. The van der Waals surface area contributed by atoms with Crippen LogP contribution in [-0.2, 0) is 12.6 Å². The minimum atomic E-state index is -0.0958. The molecule has 0 aromatic heterocycles. The van der Waals surface area contributed by atoms with Gasteiger partial charge in [0, 0.05) is 6.42 Å². The molecule has 0 heterocycles. The molecule has 0 aromatic carbocycles. The number of hydrogen-bond acceptors (Lipinski definition) is 3. The Morgan fingerprint density at radius 2 is 2.54 bits per heavy atom. The van der Waals surface area contributed by atoms with Crippen LogP contribution in [0.25, 0.3) is 0 Å². The van der Waals surface area contributed by atoms with Gasteiger partial charge in [-0.25, -0.2) is 0 Å². The van der Waals surface area contributed by atoms with Crippen molar-refractivity contribution in [1.82, 2.24) is 0 Å². The van der Waals surface area contributed by atoms with Crippen molar-refractivity contribution in [3.05, 3.63) is 11.8 Å². The van der Waals surface area contributed by atoms with Crippen LogP contribution in [0.4, 0.5) is 0 Å². The molecule has 0 aliphatic heterocycles. The Bertz CT molecular complexity index is 213. The minimum absolute atomic E-state index is 0.00489. The number of allylic oxidation sites excluding steroid dienone is 2. The van der Waals surface area contributed by atoms with E-state index in [0.717, 1.165) is 18.6 Å². The third kappa shape index (κ3) is 3.17. The van der Waals surface area contributed by atoms with Crippen molar-refractivity contribution in [2.75, 3.05) is 6.61 Å². The van der Waals surface area contributed by atoms with Crippen LogP contribution in [0.1, 0.15) is 26.2 Å². The summed E-state index contributed by atoms with van der Waals surface area (Å²) in [6, 6.07) is 0. The maximum atomic E-state index is 11.4. The number of hydrogen-bond donors (Lipinski definition) is 0. The lowest BCUT2D eigenvalue weighted by Crippen LogP contribution is -2.20. The zero-order valence-electron chi connectivity index (χ0n) is 7.59. The van der Waals surface area contributed by atoms with Gasteiger partial charge in [0.1, 0.15) is 5.76 Å². The summed E-state index contributed by atoms with van der Waals surface area (Å²) in [5.41, 5.74) is 0. The monoisotopic (exact) mass is 296 g/mol. The first-order chi connectivity index (χ1) is 6.27. The van der Waals surface area contributed by atoms with Crippen molar-refractivity contribution in [1.29, 1.82) is 0 Å². The van der Waals surface area contributed by atoms with E-state index >= 15 is 0 Å². The summed E-state index contributed by atoms with van der Waals surface area (Å²) >= 11 is 1.84. The largest absolute Gasteiger partial charge is 0.466 e. The highest BCUT2D eigenvalue weighted by Crippen LogP contribution is 2.26. The molecule has 1 atom stereocenters. The number of rotatable bonds is 3. The molecule has 13 heavy (non-hydrogen) atoms. The van der Waals surface area contributed by atoms with E-state index in [1.807, 2.05) is 36.0 Å². The van der Waals surface area contributed by atoms with Crippen molar-refractivity contribution in [2.24, 2.45) is 5.92 Å². The molecule has 1 aliphatic rings. The second-order valence-electron chi connectivity index (χ2n) is 2.98. The summed E-state index contributed by atoms with van der Waals surface area (Å²) in [5, 5.41) is 0. The maximum Gasteiger partial charge on any atom is 0.309 e. The Morgan fingerprint density at radius 3 is 3.15 bits per heavy atom. The first-order valence-electron chi connectivity index (χ1n) is 4.42. The molecule has 0 spiro atoms. The van der Waals surface area contributed by atoms with Gasteiger partial charge in [-0.3, -0.25) is 4.79 Å². The fourth-order valence-electron chi connectivity index (χ4n) is 1.40. The predicted molar refractivity (Wildman–Crippen MR) is 57.2 cm³/mol. The van der Waals surface area contributed by atoms with Crippen LogP contribution in [0.15, 0.2) is 11.8 Å². The molecular formula is C9H13IO3. The van der Waals surface area contributed by atoms with Crippen molar-refractivity contribution < 1.29 is 12.6 Å². The molecule has 0 amide bonds. The van der Waals surface area contributed by atoms with Crippen LogP contribution in [0.3, 0.4) is 0 Å². The van der Waals surface area contributed by atoms with E-state index < -0.39 is 0 Å². The standard InChI is InChI=1S/C9H13IO3/c1-2-12-9(11)7-4-3-5-8(6-7)13-10/h5,7H,2-4,6H2,1H3. The van der Waals surface area contributed by atoms with Crippen LogP contribution in [-0.4, -0.2) is 12.6 Å². The number of halogens is 1. The number of ether oxygens (including phenoxy) is 1. The van der Waals surface area contributed by atoms with E-state index in [4.69, 9.17) is 7.80 Å². The molecule has 1 aliphatic carbocycles. The van der Waals surface area contributed by atoms with Crippen LogP contribution in [0, 0.1) is 5.92 Å². The van der Waals surface area contributed by atoms with Crippen LogP contribution >= 0.6 is 23.0 Å². The lowest BCUT2D eigenvalue weighted by Gasteiger charge is -2.19. The first kappa shape index (κ1) is 10.8. The number of carbonyl (C=O) groups is 1. The Balaban J connectivity index is 2.45. The van der Waals surface area contributed by atoms with Gasteiger partial charge in [0.2, 0.25) is 0 Å². The van der Waals surface area contributed by atoms with Gasteiger partial charge in [0.05, 0.1) is 12.5 Å². The summed E-state index contributed by atoms with van der Waals surface area (Å²) in [5.74, 6) is 0.793. The molecule has 74 valence electrons. The molecule has 0 aromatic rings. The summed E-state index contributed by atoms with van der Waals surface area (Å²) in [4.78, 5) is 11.4. The maximum absolute atomic E-state index is 11.4. The van der Waals surface area contributed by atoms with E-state index in [1.54, 1.807) is 0 Å². The summed E-state index contributed by atoms with van der Waals surface area (Å²) < 4.78 is 10.0. The molecule has 1 unspecified atom stereocenters. The van der Waals surface area contributed by atoms with Crippen LogP contribution in [0.2, 0.25) is 0 Å². The van der Waals surface area contributed by atoms with Gasteiger partial charge in [0.15, 0.2) is 23.0 Å². The van der Waals surface area contributed by atoms with E-state index in [9.17, 15) is 4.79 Å². The van der Waals surface area contributed by atoms with Gasteiger partial charge in [-0.05, 0) is 25.8 Å². The van der Waals surface area contributed by atoms with Gasteiger partial charge in [-0.1, -0.05) is 0 Å². The van der Waals surface area contributed by atoms with Crippen molar-refractivity contribution in [3.8, 4) is 0 Å².